The number of carboxylic acids is 1. The highest BCUT2D eigenvalue weighted by molar-refractivity contribution is 5.72. The highest BCUT2D eigenvalue weighted by Gasteiger charge is 2.11. The Balaban J connectivity index is 2.49. The molecule has 6 heteroatoms. The van der Waals surface area contributed by atoms with E-state index in [1.165, 1.54) is 6.33 Å². The Bertz CT molecular complexity index is 324. The molecule has 0 aliphatic rings. The Morgan fingerprint density at radius 1 is 1.73 bits per heavy atom. The molecule has 0 saturated heterocycles. The molecule has 0 spiro atoms. The minimum absolute atomic E-state index is 0.424. The second-order valence-corrected chi connectivity index (χ2v) is 3.34. The van der Waals surface area contributed by atoms with Gasteiger partial charge in [-0.15, -0.1) is 0 Å². The Hall–Kier alpha value is -1.43. The summed E-state index contributed by atoms with van der Waals surface area (Å²) >= 11 is 0. The minimum atomic E-state index is -0.864. The first kappa shape index (κ1) is 11.6. The standard InChI is InChI=1S/C9H16N4O2/c1-3-4-13-8(11-6-12-13)5-10-7(2)9(14)15/h6-7,10H,3-5H2,1-2H3,(H,14,15)/t7-/m0/s1. The molecular weight excluding hydrogens is 196 g/mol. The van der Waals surface area contributed by atoms with Crippen LogP contribution in [-0.4, -0.2) is 31.9 Å². The lowest BCUT2D eigenvalue weighted by atomic mass is 10.3. The molecule has 1 aromatic rings. The van der Waals surface area contributed by atoms with Crippen molar-refractivity contribution < 1.29 is 9.90 Å². The fraction of sp³-hybridized carbons (Fsp3) is 0.667. The lowest BCUT2D eigenvalue weighted by Crippen LogP contribution is -2.34. The van der Waals surface area contributed by atoms with E-state index in [0.29, 0.717) is 6.54 Å². The van der Waals surface area contributed by atoms with Crippen LogP contribution in [0.15, 0.2) is 6.33 Å². The van der Waals surface area contributed by atoms with Crippen molar-refractivity contribution in [3.63, 3.8) is 0 Å². The third-order valence-electron chi connectivity index (χ3n) is 2.07. The molecule has 15 heavy (non-hydrogen) atoms. The number of nitrogens with zero attached hydrogens (tertiary/aromatic N) is 3. The van der Waals surface area contributed by atoms with E-state index in [1.807, 2.05) is 0 Å². The van der Waals surface area contributed by atoms with Crippen molar-refractivity contribution in [2.45, 2.75) is 39.4 Å². The van der Waals surface area contributed by atoms with E-state index in [9.17, 15) is 4.79 Å². The Morgan fingerprint density at radius 2 is 2.47 bits per heavy atom. The summed E-state index contributed by atoms with van der Waals surface area (Å²) in [7, 11) is 0. The number of carboxylic acid groups (broad SMARTS) is 1. The van der Waals surface area contributed by atoms with E-state index in [4.69, 9.17) is 5.11 Å². The maximum atomic E-state index is 10.6. The normalized spacial score (nSPS) is 12.7. The summed E-state index contributed by atoms with van der Waals surface area (Å²) in [6.07, 6.45) is 2.46. The van der Waals surface area contributed by atoms with Crippen LogP contribution in [-0.2, 0) is 17.9 Å². The largest absolute Gasteiger partial charge is 0.480 e. The molecule has 0 bridgehead atoms. The third-order valence-corrected chi connectivity index (χ3v) is 2.07. The van der Waals surface area contributed by atoms with Crippen LogP contribution < -0.4 is 5.32 Å². The van der Waals surface area contributed by atoms with E-state index >= 15 is 0 Å². The van der Waals surface area contributed by atoms with Gasteiger partial charge in [0.2, 0.25) is 0 Å². The number of hydrogen-bond acceptors (Lipinski definition) is 4. The van der Waals surface area contributed by atoms with Crippen LogP contribution in [0.4, 0.5) is 0 Å². The maximum absolute atomic E-state index is 10.6. The van der Waals surface area contributed by atoms with E-state index in [1.54, 1.807) is 11.6 Å². The number of nitrogens with one attached hydrogen (secondary N) is 1. The molecule has 0 unspecified atom stereocenters. The van der Waals surface area contributed by atoms with Crippen molar-refractivity contribution >= 4 is 5.97 Å². The first-order valence-electron chi connectivity index (χ1n) is 4.98. The average Bonchev–Trinajstić information content (AvgIpc) is 2.62. The molecule has 0 saturated carbocycles. The van der Waals surface area contributed by atoms with Gasteiger partial charge < -0.3 is 5.11 Å². The Labute approximate surface area is 88.3 Å². The van der Waals surface area contributed by atoms with Crippen molar-refractivity contribution in [1.82, 2.24) is 20.1 Å². The highest BCUT2D eigenvalue weighted by atomic mass is 16.4. The van der Waals surface area contributed by atoms with Crippen LogP contribution in [0.25, 0.3) is 0 Å². The van der Waals surface area contributed by atoms with Crippen molar-refractivity contribution in [1.29, 1.82) is 0 Å². The van der Waals surface area contributed by atoms with Gasteiger partial charge in [-0.25, -0.2) is 9.67 Å². The van der Waals surface area contributed by atoms with Gasteiger partial charge in [-0.05, 0) is 13.3 Å². The zero-order chi connectivity index (χ0) is 11.3. The molecule has 0 radical (unpaired) electrons. The van der Waals surface area contributed by atoms with Crippen molar-refractivity contribution in [3.8, 4) is 0 Å². The van der Waals surface area contributed by atoms with E-state index in [-0.39, 0.29) is 0 Å². The third kappa shape index (κ3) is 3.32. The van der Waals surface area contributed by atoms with Crippen molar-refractivity contribution in [2.24, 2.45) is 0 Å². The molecule has 0 aromatic carbocycles. The molecule has 0 fully saturated rings. The number of rotatable bonds is 6. The molecule has 6 nitrogen and oxygen atoms in total. The topological polar surface area (TPSA) is 80.0 Å². The molecule has 1 aromatic heterocycles. The minimum Gasteiger partial charge on any atom is -0.480 e. The summed E-state index contributed by atoms with van der Waals surface area (Å²) in [5.74, 6) is -0.0958. The summed E-state index contributed by atoms with van der Waals surface area (Å²) in [4.78, 5) is 14.6. The van der Waals surface area contributed by atoms with E-state index < -0.39 is 12.0 Å². The fourth-order valence-electron chi connectivity index (χ4n) is 1.16. The van der Waals surface area contributed by atoms with Crippen LogP contribution in [0.5, 0.6) is 0 Å². The van der Waals surface area contributed by atoms with Crippen LogP contribution in [0, 0.1) is 0 Å². The summed E-state index contributed by atoms with van der Waals surface area (Å²) in [5.41, 5.74) is 0. The zero-order valence-corrected chi connectivity index (χ0v) is 8.97. The van der Waals surface area contributed by atoms with Gasteiger partial charge in [-0.1, -0.05) is 6.92 Å². The molecule has 84 valence electrons. The quantitative estimate of drug-likeness (QED) is 0.706. The molecule has 1 heterocycles. The SMILES string of the molecule is CCCn1ncnc1CN[C@@H](C)C(=O)O. The first-order valence-corrected chi connectivity index (χ1v) is 4.98. The predicted molar refractivity (Wildman–Crippen MR) is 54.3 cm³/mol. The first-order chi connectivity index (χ1) is 7.15. The van der Waals surface area contributed by atoms with Crippen LogP contribution >= 0.6 is 0 Å². The smallest absolute Gasteiger partial charge is 0.320 e. The molecule has 2 N–H and O–H groups in total. The average molecular weight is 212 g/mol. The van der Waals surface area contributed by atoms with Gasteiger partial charge in [0.1, 0.15) is 18.2 Å². The lowest BCUT2D eigenvalue weighted by Gasteiger charge is -2.09. The van der Waals surface area contributed by atoms with Gasteiger partial charge in [0.25, 0.3) is 0 Å². The van der Waals surface area contributed by atoms with Gasteiger partial charge in [-0.3, -0.25) is 10.1 Å². The molecule has 1 rings (SSSR count). The molecular formula is C9H16N4O2. The molecule has 0 amide bonds. The van der Waals surface area contributed by atoms with Gasteiger partial charge in [0, 0.05) is 6.54 Å². The van der Waals surface area contributed by atoms with Crippen molar-refractivity contribution in [2.75, 3.05) is 0 Å². The monoisotopic (exact) mass is 212 g/mol. The fourth-order valence-corrected chi connectivity index (χ4v) is 1.16. The zero-order valence-electron chi connectivity index (χ0n) is 8.97. The summed E-state index contributed by atoms with van der Waals surface area (Å²) < 4.78 is 1.78. The number of aryl methyl sites for hydroxylation is 1. The Kier molecular flexibility index (Phi) is 4.23. The van der Waals surface area contributed by atoms with Crippen LogP contribution in [0.2, 0.25) is 0 Å². The summed E-state index contributed by atoms with van der Waals surface area (Å²) in [5, 5.41) is 15.6. The van der Waals surface area contributed by atoms with Gasteiger partial charge in [-0.2, -0.15) is 5.10 Å². The second-order valence-electron chi connectivity index (χ2n) is 3.34. The predicted octanol–water partition coefficient (Wildman–Crippen LogP) is 0.251. The van der Waals surface area contributed by atoms with Crippen LogP contribution in [0.1, 0.15) is 26.1 Å². The number of aromatic nitrogens is 3. The van der Waals surface area contributed by atoms with Crippen LogP contribution in [0.3, 0.4) is 0 Å². The lowest BCUT2D eigenvalue weighted by molar-refractivity contribution is -0.139. The van der Waals surface area contributed by atoms with E-state index in [0.717, 1.165) is 18.8 Å². The second kappa shape index (κ2) is 5.45. The number of hydrogen-bond donors (Lipinski definition) is 2. The molecule has 1 atom stereocenters. The molecule has 0 aliphatic carbocycles. The molecule has 0 aliphatic heterocycles. The Morgan fingerprint density at radius 3 is 3.07 bits per heavy atom. The van der Waals surface area contributed by atoms with Gasteiger partial charge >= 0.3 is 5.97 Å². The summed E-state index contributed by atoms with van der Waals surface area (Å²) in [6, 6.07) is -0.572. The van der Waals surface area contributed by atoms with Gasteiger partial charge in [0.05, 0.1) is 6.54 Å². The number of aliphatic carboxylic acids is 1. The highest BCUT2D eigenvalue weighted by Crippen LogP contribution is 1.96. The van der Waals surface area contributed by atoms with Crippen molar-refractivity contribution in [3.05, 3.63) is 12.2 Å². The number of carbonyl (C=O) groups is 1. The van der Waals surface area contributed by atoms with E-state index in [2.05, 4.69) is 22.3 Å². The maximum Gasteiger partial charge on any atom is 0.320 e. The summed E-state index contributed by atoms with van der Waals surface area (Å²) in [6.45, 7) is 4.88. The van der Waals surface area contributed by atoms with Gasteiger partial charge in [0.15, 0.2) is 0 Å².